The molecule has 0 aromatic rings. The van der Waals surface area contributed by atoms with Crippen molar-refractivity contribution in [1.29, 1.82) is 0 Å². The third-order valence-electron chi connectivity index (χ3n) is 1.63. The van der Waals surface area contributed by atoms with Gasteiger partial charge in [0.1, 0.15) is 6.10 Å². The Morgan fingerprint density at radius 1 is 1.12 bits per heavy atom. The van der Waals surface area contributed by atoms with Gasteiger partial charge in [-0.25, -0.2) is 0 Å². The summed E-state index contributed by atoms with van der Waals surface area (Å²) in [5, 5.41) is 0. The van der Waals surface area contributed by atoms with Crippen LogP contribution in [0.2, 0.25) is 0 Å². The lowest BCUT2D eigenvalue weighted by molar-refractivity contribution is -0.149. The van der Waals surface area contributed by atoms with Crippen molar-refractivity contribution in [1.82, 2.24) is 0 Å². The predicted octanol–water partition coefficient (Wildman–Crippen LogP) is 2.16. The lowest BCUT2D eigenvalue weighted by Crippen LogP contribution is -2.30. The average molecular weight is 232 g/mol. The van der Waals surface area contributed by atoms with Gasteiger partial charge in [-0.3, -0.25) is 4.79 Å². The van der Waals surface area contributed by atoms with E-state index < -0.39 is 0 Å². The zero-order valence-corrected chi connectivity index (χ0v) is 11.2. The third kappa shape index (κ3) is 9.93. The lowest BCUT2D eigenvalue weighted by atomic mass is 10.2. The zero-order chi connectivity index (χ0) is 12.8. The highest BCUT2D eigenvalue weighted by molar-refractivity contribution is 5.66. The van der Waals surface area contributed by atoms with Crippen molar-refractivity contribution in [2.24, 2.45) is 0 Å². The predicted molar refractivity (Wildman–Crippen MR) is 62.3 cm³/mol. The highest BCUT2D eigenvalue weighted by Gasteiger charge is 2.15. The highest BCUT2D eigenvalue weighted by Crippen LogP contribution is 2.10. The number of esters is 1. The van der Waals surface area contributed by atoms with Crippen LogP contribution in [0, 0.1) is 0 Å². The van der Waals surface area contributed by atoms with Gasteiger partial charge < -0.3 is 14.2 Å². The third-order valence-corrected chi connectivity index (χ3v) is 1.63. The Labute approximate surface area is 98.3 Å². The molecular weight excluding hydrogens is 208 g/mol. The van der Waals surface area contributed by atoms with Crippen LogP contribution >= 0.6 is 0 Å². The standard InChI is InChI=1S/C12H24O4/c1-9(15-11(3)13)7-14-8-10(2)16-12(4,5)6/h9-10H,7-8H2,1-6H3. The van der Waals surface area contributed by atoms with Gasteiger partial charge in [0.15, 0.2) is 0 Å². The van der Waals surface area contributed by atoms with Crippen molar-refractivity contribution in [3.05, 3.63) is 0 Å². The summed E-state index contributed by atoms with van der Waals surface area (Å²) in [5.74, 6) is -0.282. The van der Waals surface area contributed by atoms with E-state index in [0.717, 1.165) is 0 Å². The molecule has 16 heavy (non-hydrogen) atoms. The van der Waals surface area contributed by atoms with Crippen LogP contribution in [-0.4, -0.2) is 37.0 Å². The normalized spacial score (nSPS) is 15.6. The summed E-state index contributed by atoms with van der Waals surface area (Å²) in [4.78, 5) is 10.6. The molecule has 0 aliphatic carbocycles. The first-order valence-corrected chi connectivity index (χ1v) is 5.63. The minimum absolute atomic E-state index is 0.0320. The summed E-state index contributed by atoms with van der Waals surface area (Å²) in [7, 11) is 0. The van der Waals surface area contributed by atoms with E-state index in [1.807, 2.05) is 27.7 Å². The summed E-state index contributed by atoms with van der Waals surface area (Å²) in [6.07, 6.45) is -0.177. The molecule has 0 N–H and O–H groups in total. The summed E-state index contributed by atoms with van der Waals surface area (Å²) in [6, 6.07) is 0. The number of carbonyl (C=O) groups is 1. The van der Waals surface area contributed by atoms with Gasteiger partial charge in [0.05, 0.1) is 24.9 Å². The van der Waals surface area contributed by atoms with Crippen LogP contribution < -0.4 is 0 Å². The minimum Gasteiger partial charge on any atom is -0.460 e. The topological polar surface area (TPSA) is 44.8 Å². The van der Waals surface area contributed by atoms with Crippen molar-refractivity contribution < 1.29 is 19.0 Å². The molecule has 2 unspecified atom stereocenters. The van der Waals surface area contributed by atoms with Gasteiger partial charge in [0, 0.05) is 6.92 Å². The summed E-state index contributed by atoms with van der Waals surface area (Å²) in [6.45, 7) is 12.1. The maximum absolute atomic E-state index is 10.6. The van der Waals surface area contributed by atoms with E-state index in [1.165, 1.54) is 6.92 Å². The van der Waals surface area contributed by atoms with Gasteiger partial charge in [-0.15, -0.1) is 0 Å². The van der Waals surface area contributed by atoms with Crippen molar-refractivity contribution in [3.63, 3.8) is 0 Å². The molecule has 0 heterocycles. The first-order chi connectivity index (χ1) is 7.20. The van der Waals surface area contributed by atoms with Gasteiger partial charge in [0.25, 0.3) is 0 Å². The number of hydrogen-bond acceptors (Lipinski definition) is 4. The summed E-state index contributed by atoms with van der Waals surface area (Å²) < 4.78 is 16.0. The Bertz CT molecular complexity index is 208. The van der Waals surface area contributed by atoms with E-state index in [0.29, 0.717) is 13.2 Å². The Morgan fingerprint density at radius 2 is 1.62 bits per heavy atom. The maximum Gasteiger partial charge on any atom is 0.302 e. The highest BCUT2D eigenvalue weighted by atomic mass is 16.6. The van der Waals surface area contributed by atoms with Crippen LogP contribution in [0.4, 0.5) is 0 Å². The molecule has 0 spiro atoms. The molecule has 4 heteroatoms. The molecular formula is C12H24O4. The Balaban J connectivity index is 3.61. The molecule has 0 rings (SSSR count). The number of hydrogen-bond donors (Lipinski definition) is 0. The van der Waals surface area contributed by atoms with Crippen molar-refractivity contribution in [3.8, 4) is 0 Å². The molecule has 0 fully saturated rings. The fourth-order valence-corrected chi connectivity index (χ4v) is 1.35. The number of ether oxygens (including phenoxy) is 3. The van der Waals surface area contributed by atoms with E-state index >= 15 is 0 Å². The summed E-state index contributed by atoms with van der Waals surface area (Å²) >= 11 is 0. The molecule has 0 aromatic heterocycles. The fraction of sp³-hybridized carbons (Fsp3) is 0.917. The second-order valence-electron chi connectivity index (χ2n) is 5.00. The molecule has 0 aliphatic heterocycles. The van der Waals surface area contributed by atoms with Crippen LogP contribution in [0.1, 0.15) is 41.5 Å². The van der Waals surface area contributed by atoms with E-state index in [1.54, 1.807) is 6.92 Å². The van der Waals surface area contributed by atoms with E-state index in [4.69, 9.17) is 14.2 Å². The molecule has 0 amide bonds. The van der Waals surface area contributed by atoms with Crippen LogP contribution in [0.15, 0.2) is 0 Å². The Hall–Kier alpha value is -0.610. The molecule has 0 bridgehead atoms. The van der Waals surface area contributed by atoms with E-state index in [2.05, 4.69) is 0 Å². The summed E-state index contributed by atoms with van der Waals surface area (Å²) in [5.41, 5.74) is -0.162. The van der Waals surface area contributed by atoms with Gasteiger partial charge in [-0.05, 0) is 34.6 Å². The first kappa shape index (κ1) is 15.4. The quantitative estimate of drug-likeness (QED) is 0.658. The number of carbonyl (C=O) groups excluding carboxylic acids is 1. The van der Waals surface area contributed by atoms with Crippen LogP contribution in [-0.2, 0) is 19.0 Å². The first-order valence-electron chi connectivity index (χ1n) is 5.63. The van der Waals surface area contributed by atoms with Gasteiger partial charge >= 0.3 is 5.97 Å². The Kier molecular flexibility index (Phi) is 6.60. The van der Waals surface area contributed by atoms with Crippen molar-refractivity contribution >= 4 is 5.97 Å². The SMILES string of the molecule is CC(=O)OC(C)COCC(C)OC(C)(C)C. The van der Waals surface area contributed by atoms with Crippen molar-refractivity contribution in [2.75, 3.05) is 13.2 Å². The molecule has 96 valence electrons. The van der Waals surface area contributed by atoms with Crippen molar-refractivity contribution in [2.45, 2.75) is 59.4 Å². The van der Waals surface area contributed by atoms with Gasteiger partial charge in [-0.2, -0.15) is 0 Å². The smallest absolute Gasteiger partial charge is 0.302 e. The second-order valence-corrected chi connectivity index (χ2v) is 5.00. The average Bonchev–Trinajstić information content (AvgIpc) is 1.98. The zero-order valence-electron chi connectivity index (χ0n) is 11.2. The van der Waals surface area contributed by atoms with Crippen LogP contribution in [0.5, 0.6) is 0 Å². The maximum atomic E-state index is 10.6. The van der Waals surface area contributed by atoms with Crippen LogP contribution in [0.25, 0.3) is 0 Å². The van der Waals surface area contributed by atoms with Crippen LogP contribution in [0.3, 0.4) is 0 Å². The molecule has 0 aromatic carbocycles. The van der Waals surface area contributed by atoms with Gasteiger partial charge in [0.2, 0.25) is 0 Å². The van der Waals surface area contributed by atoms with E-state index in [9.17, 15) is 4.79 Å². The molecule has 0 aliphatic rings. The molecule has 4 nitrogen and oxygen atoms in total. The second kappa shape index (κ2) is 6.86. The van der Waals surface area contributed by atoms with E-state index in [-0.39, 0.29) is 23.8 Å². The number of rotatable bonds is 6. The molecule has 0 radical (unpaired) electrons. The Morgan fingerprint density at radius 3 is 2.06 bits per heavy atom. The largest absolute Gasteiger partial charge is 0.460 e. The lowest BCUT2D eigenvalue weighted by Gasteiger charge is -2.25. The molecule has 0 saturated heterocycles. The fourth-order valence-electron chi connectivity index (χ4n) is 1.35. The molecule has 2 atom stereocenters. The molecule has 0 saturated carbocycles. The minimum atomic E-state index is -0.282. The van der Waals surface area contributed by atoms with Gasteiger partial charge in [-0.1, -0.05) is 0 Å². The monoisotopic (exact) mass is 232 g/mol.